The minimum atomic E-state index is 0.379. The molecule has 0 amide bonds. The van der Waals surface area contributed by atoms with E-state index in [9.17, 15) is 0 Å². The van der Waals surface area contributed by atoms with Crippen molar-refractivity contribution in [1.29, 1.82) is 0 Å². The molecule has 0 atom stereocenters. The number of halogens is 1. The van der Waals surface area contributed by atoms with Crippen LogP contribution in [0.4, 0.5) is 0 Å². The highest BCUT2D eigenvalue weighted by Gasteiger charge is 2.12. The molecule has 2 nitrogen and oxygen atoms in total. The first kappa shape index (κ1) is 10.2. The van der Waals surface area contributed by atoms with Crippen molar-refractivity contribution < 1.29 is 4.42 Å². The van der Waals surface area contributed by atoms with Crippen LogP contribution < -0.4 is 0 Å². The summed E-state index contributed by atoms with van der Waals surface area (Å²) in [5, 5.41) is 0. The Balaban J connectivity index is 2.53. The Morgan fingerprint density at radius 3 is 2.87 bits per heavy atom. The third-order valence-corrected chi connectivity index (χ3v) is 2.66. The van der Waals surface area contributed by atoms with E-state index in [4.69, 9.17) is 16.0 Å². The second kappa shape index (κ2) is 4.49. The molecule has 0 N–H and O–H groups in total. The quantitative estimate of drug-likeness (QED) is 0.740. The minimum absolute atomic E-state index is 0.379. The second-order valence-corrected chi connectivity index (χ2v) is 3.54. The third kappa shape index (κ3) is 1.90. The monoisotopic (exact) mass is 221 g/mol. The molecule has 15 heavy (non-hydrogen) atoms. The SMILES string of the molecule is CCc1ccccc1-c1ocnc1CCl. The van der Waals surface area contributed by atoms with Gasteiger partial charge < -0.3 is 4.42 Å². The van der Waals surface area contributed by atoms with Crippen molar-refractivity contribution >= 4 is 11.6 Å². The molecular formula is C12H12ClNO. The normalized spacial score (nSPS) is 10.5. The van der Waals surface area contributed by atoms with Gasteiger partial charge in [-0.15, -0.1) is 11.6 Å². The molecule has 1 aromatic carbocycles. The molecule has 1 aromatic heterocycles. The Hall–Kier alpha value is -1.28. The first-order chi connectivity index (χ1) is 7.36. The van der Waals surface area contributed by atoms with Gasteiger partial charge in [-0.05, 0) is 12.0 Å². The highest BCUT2D eigenvalue weighted by Crippen LogP contribution is 2.27. The fraction of sp³-hybridized carbons (Fsp3) is 0.250. The summed E-state index contributed by atoms with van der Waals surface area (Å²) in [5.74, 6) is 1.17. The van der Waals surface area contributed by atoms with Gasteiger partial charge in [0, 0.05) is 5.56 Å². The van der Waals surface area contributed by atoms with Gasteiger partial charge in [0.25, 0.3) is 0 Å². The third-order valence-electron chi connectivity index (χ3n) is 2.41. The first-order valence-corrected chi connectivity index (χ1v) is 5.46. The summed E-state index contributed by atoms with van der Waals surface area (Å²) in [6, 6.07) is 8.15. The predicted molar refractivity (Wildman–Crippen MR) is 60.9 cm³/mol. The van der Waals surface area contributed by atoms with Crippen LogP contribution in [0, 0.1) is 0 Å². The van der Waals surface area contributed by atoms with E-state index in [-0.39, 0.29) is 0 Å². The largest absolute Gasteiger partial charge is 0.443 e. The van der Waals surface area contributed by atoms with E-state index in [1.54, 1.807) is 0 Å². The molecule has 0 spiro atoms. The average Bonchev–Trinajstić information content (AvgIpc) is 2.76. The lowest BCUT2D eigenvalue weighted by Gasteiger charge is -2.04. The lowest BCUT2D eigenvalue weighted by atomic mass is 10.0. The molecule has 2 rings (SSSR count). The van der Waals surface area contributed by atoms with E-state index in [0.717, 1.165) is 23.4 Å². The van der Waals surface area contributed by atoms with E-state index >= 15 is 0 Å². The zero-order valence-electron chi connectivity index (χ0n) is 8.53. The number of aryl methyl sites for hydroxylation is 1. The summed E-state index contributed by atoms with van der Waals surface area (Å²) >= 11 is 5.80. The van der Waals surface area contributed by atoms with Crippen molar-refractivity contribution in [2.24, 2.45) is 0 Å². The lowest BCUT2D eigenvalue weighted by Crippen LogP contribution is -1.89. The van der Waals surface area contributed by atoms with Crippen LogP contribution >= 0.6 is 11.6 Å². The molecule has 0 bridgehead atoms. The van der Waals surface area contributed by atoms with Gasteiger partial charge in [0.1, 0.15) is 5.69 Å². The van der Waals surface area contributed by atoms with E-state index in [0.29, 0.717) is 5.88 Å². The summed E-state index contributed by atoms with van der Waals surface area (Å²) in [6.45, 7) is 2.12. The van der Waals surface area contributed by atoms with E-state index in [2.05, 4.69) is 18.0 Å². The molecule has 3 heteroatoms. The number of alkyl halides is 1. The van der Waals surface area contributed by atoms with Crippen molar-refractivity contribution in [2.75, 3.05) is 0 Å². The van der Waals surface area contributed by atoms with E-state index < -0.39 is 0 Å². The molecule has 0 saturated heterocycles. The highest BCUT2D eigenvalue weighted by atomic mass is 35.5. The summed E-state index contributed by atoms with van der Waals surface area (Å²) in [7, 11) is 0. The van der Waals surface area contributed by atoms with Crippen LogP contribution in [0.25, 0.3) is 11.3 Å². The van der Waals surface area contributed by atoms with Crippen LogP contribution in [0.2, 0.25) is 0 Å². The molecule has 0 aliphatic rings. The number of rotatable bonds is 3. The van der Waals surface area contributed by atoms with Crippen LogP contribution in [-0.4, -0.2) is 4.98 Å². The number of benzene rings is 1. The predicted octanol–water partition coefficient (Wildman–Crippen LogP) is 3.64. The summed E-state index contributed by atoms with van der Waals surface area (Å²) < 4.78 is 5.39. The van der Waals surface area contributed by atoms with Gasteiger partial charge in [-0.3, -0.25) is 0 Å². The van der Waals surface area contributed by atoms with Crippen LogP contribution in [-0.2, 0) is 12.3 Å². The van der Waals surface area contributed by atoms with Crippen LogP contribution in [0.3, 0.4) is 0 Å². The maximum Gasteiger partial charge on any atom is 0.181 e. The highest BCUT2D eigenvalue weighted by molar-refractivity contribution is 6.17. The van der Waals surface area contributed by atoms with Gasteiger partial charge >= 0.3 is 0 Å². The minimum Gasteiger partial charge on any atom is -0.443 e. The van der Waals surface area contributed by atoms with Gasteiger partial charge in [-0.1, -0.05) is 31.2 Å². The van der Waals surface area contributed by atoms with Crippen LogP contribution in [0.1, 0.15) is 18.2 Å². The smallest absolute Gasteiger partial charge is 0.181 e. The Morgan fingerprint density at radius 2 is 2.13 bits per heavy atom. The number of hydrogen-bond donors (Lipinski definition) is 0. The maximum atomic E-state index is 5.80. The molecule has 2 aromatic rings. The van der Waals surface area contributed by atoms with Gasteiger partial charge in [0.05, 0.1) is 5.88 Å². The fourth-order valence-electron chi connectivity index (χ4n) is 1.63. The van der Waals surface area contributed by atoms with E-state index in [1.165, 1.54) is 12.0 Å². The van der Waals surface area contributed by atoms with Crippen molar-refractivity contribution in [3.63, 3.8) is 0 Å². The number of aromatic nitrogens is 1. The zero-order valence-corrected chi connectivity index (χ0v) is 9.29. The number of oxazole rings is 1. The second-order valence-electron chi connectivity index (χ2n) is 3.27. The molecular weight excluding hydrogens is 210 g/mol. The molecule has 0 radical (unpaired) electrons. The molecule has 1 heterocycles. The summed E-state index contributed by atoms with van der Waals surface area (Å²) in [6.07, 6.45) is 2.41. The van der Waals surface area contributed by atoms with E-state index in [1.807, 2.05) is 18.2 Å². The first-order valence-electron chi connectivity index (χ1n) is 4.93. The van der Waals surface area contributed by atoms with Gasteiger partial charge in [0.2, 0.25) is 0 Å². The average molecular weight is 222 g/mol. The lowest BCUT2D eigenvalue weighted by molar-refractivity contribution is 0.570. The molecule has 78 valence electrons. The van der Waals surface area contributed by atoms with Crippen molar-refractivity contribution in [3.8, 4) is 11.3 Å². The Labute approximate surface area is 93.9 Å². The van der Waals surface area contributed by atoms with Crippen LogP contribution in [0.5, 0.6) is 0 Å². The van der Waals surface area contributed by atoms with Crippen LogP contribution in [0.15, 0.2) is 35.1 Å². The number of nitrogens with zero attached hydrogens (tertiary/aromatic N) is 1. The maximum absolute atomic E-state index is 5.80. The molecule has 0 fully saturated rings. The molecule has 0 aliphatic carbocycles. The Kier molecular flexibility index (Phi) is 3.07. The summed E-state index contributed by atoms with van der Waals surface area (Å²) in [4.78, 5) is 4.09. The van der Waals surface area contributed by atoms with Crippen molar-refractivity contribution in [3.05, 3.63) is 41.9 Å². The standard InChI is InChI=1S/C12H12ClNO/c1-2-9-5-3-4-6-10(9)12-11(7-13)14-8-15-12/h3-6,8H,2,7H2,1H3. The Bertz CT molecular complexity index is 450. The topological polar surface area (TPSA) is 26.0 Å². The van der Waals surface area contributed by atoms with Gasteiger partial charge in [0.15, 0.2) is 12.2 Å². The summed E-state index contributed by atoms with van der Waals surface area (Å²) in [5.41, 5.74) is 3.14. The molecule has 0 unspecified atom stereocenters. The zero-order chi connectivity index (χ0) is 10.7. The molecule has 0 aliphatic heterocycles. The van der Waals surface area contributed by atoms with Gasteiger partial charge in [-0.25, -0.2) is 4.98 Å². The molecule has 0 saturated carbocycles. The van der Waals surface area contributed by atoms with Crippen molar-refractivity contribution in [1.82, 2.24) is 4.98 Å². The Morgan fingerprint density at radius 1 is 1.33 bits per heavy atom. The number of hydrogen-bond acceptors (Lipinski definition) is 2. The fourth-order valence-corrected chi connectivity index (χ4v) is 1.82. The van der Waals surface area contributed by atoms with Gasteiger partial charge in [-0.2, -0.15) is 0 Å². The van der Waals surface area contributed by atoms with Crippen molar-refractivity contribution in [2.45, 2.75) is 19.2 Å².